The van der Waals surface area contributed by atoms with Gasteiger partial charge in [-0.05, 0) is 43.4 Å². The first-order valence-electron chi connectivity index (χ1n) is 11.5. The fraction of sp³-hybridized carbons (Fsp3) is 0.500. The Morgan fingerprint density at radius 1 is 0.903 bits per heavy atom. The molecule has 164 valence electrons. The highest BCUT2D eigenvalue weighted by molar-refractivity contribution is 5.88. The smallest absolute Gasteiger partial charge is 0.233 e. The molecule has 0 N–H and O–H groups in total. The van der Waals surface area contributed by atoms with Crippen molar-refractivity contribution in [2.24, 2.45) is 0 Å². The van der Waals surface area contributed by atoms with Gasteiger partial charge in [-0.2, -0.15) is 0 Å². The van der Waals surface area contributed by atoms with Gasteiger partial charge in [0.05, 0.1) is 17.6 Å². The first-order chi connectivity index (χ1) is 15.2. The van der Waals surface area contributed by atoms with Crippen LogP contribution in [0.2, 0.25) is 0 Å². The summed E-state index contributed by atoms with van der Waals surface area (Å²) in [6.07, 6.45) is 4.21. The molecule has 0 radical (unpaired) electrons. The zero-order valence-electron chi connectivity index (χ0n) is 18.0. The molecule has 2 aromatic carbocycles. The normalized spacial score (nSPS) is 24.8. The minimum Gasteiger partial charge on any atom is -0.488 e. The third kappa shape index (κ3) is 4.09. The lowest BCUT2D eigenvalue weighted by Crippen LogP contribution is -2.54. The Labute approximate surface area is 184 Å². The first-order valence-corrected chi connectivity index (χ1v) is 11.5. The Morgan fingerprint density at radius 3 is 2.23 bits per heavy atom. The maximum atomic E-state index is 13.8. The van der Waals surface area contributed by atoms with Gasteiger partial charge < -0.3 is 19.1 Å². The maximum absolute atomic E-state index is 13.8. The average molecular weight is 422 g/mol. The number of hydrogen-bond donors (Lipinski definition) is 0. The molecule has 1 spiro atoms. The van der Waals surface area contributed by atoms with Crippen molar-refractivity contribution < 1.29 is 19.0 Å². The molecule has 5 heteroatoms. The van der Waals surface area contributed by atoms with E-state index in [9.17, 15) is 4.79 Å². The molecule has 3 heterocycles. The number of likely N-dealkylation sites (tertiary alicyclic amines) is 1. The van der Waals surface area contributed by atoms with E-state index in [0.717, 1.165) is 56.5 Å². The van der Waals surface area contributed by atoms with Crippen LogP contribution >= 0.6 is 0 Å². The second-order valence-electron chi connectivity index (χ2n) is 9.10. The van der Waals surface area contributed by atoms with E-state index in [4.69, 9.17) is 14.2 Å². The predicted octanol–water partition coefficient (Wildman–Crippen LogP) is 3.96. The van der Waals surface area contributed by atoms with E-state index in [0.29, 0.717) is 19.8 Å². The lowest BCUT2D eigenvalue weighted by molar-refractivity contribution is -0.146. The van der Waals surface area contributed by atoms with Crippen molar-refractivity contribution in [1.29, 1.82) is 0 Å². The minimum absolute atomic E-state index is 0.0794. The Kier molecular flexibility index (Phi) is 5.72. The molecule has 0 aromatic heterocycles. The highest BCUT2D eigenvalue weighted by Gasteiger charge is 2.48. The third-order valence-corrected chi connectivity index (χ3v) is 7.27. The van der Waals surface area contributed by atoms with Gasteiger partial charge in [0.2, 0.25) is 5.91 Å². The quantitative estimate of drug-likeness (QED) is 0.750. The zero-order valence-corrected chi connectivity index (χ0v) is 18.0. The number of nitrogens with zero attached hydrogens (tertiary/aromatic N) is 1. The molecule has 0 aliphatic carbocycles. The van der Waals surface area contributed by atoms with Gasteiger partial charge in [0.1, 0.15) is 11.9 Å². The van der Waals surface area contributed by atoms with E-state index in [1.54, 1.807) is 0 Å². The standard InChI is InChI=1S/C26H31NO4/c28-24(26(13-17-29-18-14-26)21-7-3-1-4-8-21)27-15-11-25(12-16-27)19-23(20-30-25)31-22-9-5-2-6-10-22/h1-10,23H,11-20H2. The summed E-state index contributed by atoms with van der Waals surface area (Å²) >= 11 is 0. The Hall–Kier alpha value is -2.37. The largest absolute Gasteiger partial charge is 0.488 e. The second kappa shape index (κ2) is 8.64. The number of rotatable bonds is 4. The Bertz CT molecular complexity index is 871. The lowest BCUT2D eigenvalue weighted by atomic mass is 9.72. The van der Waals surface area contributed by atoms with Crippen LogP contribution in [0, 0.1) is 0 Å². The van der Waals surface area contributed by atoms with Crippen molar-refractivity contribution in [2.75, 3.05) is 32.9 Å². The molecule has 3 saturated heterocycles. The fourth-order valence-corrected chi connectivity index (χ4v) is 5.44. The molecule has 3 fully saturated rings. The number of piperidine rings is 1. The molecule has 1 unspecified atom stereocenters. The summed E-state index contributed by atoms with van der Waals surface area (Å²) in [6.45, 7) is 3.38. The van der Waals surface area contributed by atoms with Gasteiger partial charge in [-0.3, -0.25) is 4.79 Å². The van der Waals surface area contributed by atoms with E-state index >= 15 is 0 Å². The highest BCUT2D eigenvalue weighted by atomic mass is 16.6. The molecular weight excluding hydrogens is 390 g/mol. The van der Waals surface area contributed by atoms with Crippen molar-refractivity contribution in [2.45, 2.75) is 49.2 Å². The van der Waals surface area contributed by atoms with Crippen LogP contribution in [0.3, 0.4) is 0 Å². The molecule has 0 bridgehead atoms. The van der Waals surface area contributed by atoms with Crippen LogP contribution < -0.4 is 4.74 Å². The van der Waals surface area contributed by atoms with Crippen LogP contribution in [0.5, 0.6) is 5.75 Å². The number of para-hydroxylation sites is 1. The third-order valence-electron chi connectivity index (χ3n) is 7.27. The van der Waals surface area contributed by atoms with Crippen LogP contribution in [0.1, 0.15) is 37.7 Å². The van der Waals surface area contributed by atoms with E-state index in [1.165, 1.54) is 0 Å². The van der Waals surface area contributed by atoms with Crippen LogP contribution in [-0.2, 0) is 19.7 Å². The van der Waals surface area contributed by atoms with Gasteiger partial charge in [-0.15, -0.1) is 0 Å². The molecule has 31 heavy (non-hydrogen) atoms. The monoisotopic (exact) mass is 421 g/mol. The van der Waals surface area contributed by atoms with E-state index in [-0.39, 0.29) is 17.6 Å². The summed E-state index contributed by atoms with van der Waals surface area (Å²) in [4.78, 5) is 15.9. The van der Waals surface area contributed by atoms with E-state index in [1.807, 2.05) is 48.5 Å². The number of carbonyl (C=O) groups excluding carboxylic acids is 1. The van der Waals surface area contributed by atoms with Crippen LogP contribution in [0.4, 0.5) is 0 Å². The molecule has 0 saturated carbocycles. The molecule has 3 aliphatic heterocycles. The Morgan fingerprint density at radius 2 is 1.55 bits per heavy atom. The first kappa shape index (κ1) is 20.5. The summed E-state index contributed by atoms with van der Waals surface area (Å²) in [5, 5.41) is 0. The van der Waals surface area contributed by atoms with Gasteiger partial charge in [-0.25, -0.2) is 0 Å². The second-order valence-corrected chi connectivity index (χ2v) is 9.10. The zero-order chi connectivity index (χ0) is 21.2. The maximum Gasteiger partial charge on any atom is 0.233 e. The van der Waals surface area contributed by atoms with Crippen LogP contribution in [-0.4, -0.2) is 55.4 Å². The van der Waals surface area contributed by atoms with Gasteiger partial charge in [-0.1, -0.05) is 48.5 Å². The van der Waals surface area contributed by atoms with Crippen LogP contribution in [0.25, 0.3) is 0 Å². The number of amides is 1. The van der Waals surface area contributed by atoms with Crippen molar-refractivity contribution in [3.8, 4) is 5.75 Å². The van der Waals surface area contributed by atoms with E-state index in [2.05, 4.69) is 17.0 Å². The SMILES string of the molecule is O=C(N1CCC2(CC1)CC(Oc1ccccc1)CO2)C1(c2ccccc2)CCOCC1. The summed E-state index contributed by atoms with van der Waals surface area (Å²) in [5.74, 6) is 1.15. The van der Waals surface area contributed by atoms with Crippen molar-refractivity contribution >= 4 is 5.91 Å². The Balaban J connectivity index is 1.24. The number of carbonyl (C=O) groups is 1. The summed E-state index contributed by atoms with van der Waals surface area (Å²) < 4.78 is 18.0. The predicted molar refractivity (Wildman–Crippen MR) is 118 cm³/mol. The topological polar surface area (TPSA) is 48.0 Å². The highest BCUT2D eigenvalue weighted by Crippen LogP contribution is 2.41. The molecular formula is C26H31NO4. The molecule has 5 nitrogen and oxygen atoms in total. The summed E-state index contributed by atoms with van der Waals surface area (Å²) in [6, 6.07) is 20.2. The minimum atomic E-state index is -0.459. The molecule has 2 aromatic rings. The molecule has 3 aliphatic rings. The van der Waals surface area contributed by atoms with E-state index < -0.39 is 5.41 Å². The van der Waals surface area contributed by atoms with Crippen molar-refractivity contribution in [1.82, 2.24) is 4.90 Å². The molecule has 1 atom stereocenters. The van der Waals surface area contributed by atoms with Gasteiger partial charge in [0.25, 0.3) is 0 Å². The fourth-order valence-electron chi connectivity index (χ4n) is 5.44. The average Bonchev–Trinajstić information content (AvgIpc) is 3.22. The summed E-state index contributed by atoms with van der Waals surface area (Å²) in [7, 11) is 0. The molecule has 5 rings (SSSR count). The van der Waals surface area contributed by atoms with Crippen molar-refractivity contribution in [3.05, 3.63) is 66.2 Å². The lowest BCUT2D eigenvalue weighted by Gasteiger charge is -2.44. The van der Waals surface area contributed by atoms with Crippen LogP contribution in [0.15, 0.2) is 60.7 Å². The van der Waals surface area contributed by atoms with Gasteiger partial charge in [0, 0.05) is 32.7 Å². The van der Waals surface area contributed by atoms with Gasteiger partial charge in [0.15, 0.2) is 0 Å². The summed E-state index contributed by atoms with van der Waals surface area (Å²) in [5.41, 5.74) is 0.503. The number of hydrogen-bond acceptors (Lipinski definition) is 4. The number of benzene rings is 2. The van der Waals surface area contributed by atoms with Crippen molar-refractivity contribution in [3.63, 3.8) is 0 Å². The van der Waals surface area contributed by atoms with Gasteiger partial charge >= 0.3 is 0 Å². The molecule has 1 amide bonds. The number of ether oxygens (including phenoxy) is 3.